The zero-order valence-electron chi connectivity index (χ0n) is 11.1. The standard InChI is InChI=1S/C17H12Cl2O2/c18-15(20)17(16(19)21)13-9-5-4-8-12(13)10-14(17)11-6-2-1-3-7-11/h1-9,14H,10H2. The maximum absolute atomic E-state index is 12.2. The fourth-order valence-corrected chi connectivity index (χ4v) is 3.95. The molecular formula is C17H12Cl2O2. The summed E-state index contributed by atoms with van der Waals surface area (Å²) in [6.07, 6.45) is 0.567. The summed E-state index contributed by atoms with van der Waals surface area (Å²) in [5, 5.41) is -1.44. The van der Waals surface area contributed by atoms with E-state index in [1.54, 1.807) is 12.1 Å². The third-order valence-corrected chi connectivity index (χ3v) is 4.81. The zero-order valence-corrected chi connectivity index (χ0v) is 12.6. The molecule has 2 aromatic rings. The van der Waals surface area contributed by atoms with Gasteiger partial charge >= 0.3 is 0 Å². The molecule has 21 heavy (non-hydrogen) atoms. The normalized spacial score (nSPS) is 19.0. The fraction of sp³-hybridized carbons (Fsp3) is 0.176. The molecule has 0 saturated carbocycles. The van der Waals surface area contributed by atoms with E-state index < -0.39 is 15.9 Å². The fourth-order valence-electron chi connectivity index (χ4n) is 3.26. The van der Waals surface area contributed by atoms with Crippen LogP contribution in [0.3, 0.4) is 0 Å². The van der Waals surface area contributed by atoms with Crippen molar-refractivity contribution in [1.82, 2.24) is 0 Å². The third kappa shape index (κ3) is 2.02. The lowest BCUT2D eigenvalue weighted by Gasteiger charge is -2.29. The van der Waals surface area contributed by atoms with Gasteiger partial charge in [0.25, 0.3) is 0 Å². The lowest BCUT2D eigenvalue weighted by molar-refractivity contribution is -0.126. The van der Waals surface area contributed by atoms with Gasteiger partial charge < -0.3 is 0 Å². The van der Waals surface area contributed by atoms with E-state index in [4.69, 9.17) is 23.2 Å². The van der Waals surface area contributed by atoms with E-state index in [2.05, 4.69) is 0 Å². The molecule has 2 nitrogen and oxygen atoms in total. The van der Waals surface area contributed by atoms with Crippen molar-refractivity contribution in [3.05, 3.63) is 71.3 Å². The molecule has 0 N–H and O–H groups in total. The molecule has 0 aliphatic heterocycles. The van der Waals surface area contributed by atoms with E-state index >= 15 is 0 Å². The van der Waals surface area contributed by atoms with Crippen molar-refractivity contribution in [1.29, 1.82) is 0 Å². The molecule has 2 aromatic carbocycles. The van der Waals surface area contributed by atoms with Crippen molar-refractivity contribution in [3.8, 4) is 0 Å². The molecule has 4 heteroatoms. The van der Waals surface area contributed by atoms with Crippen LogP contribution in [-0.4, -0.2) is 10.5 Å². The van der Waals surface area contributed by atoms with Gasteiger partial charge in [0.2, 0.25) is 10.5 Å². The van der Waals surface area contributed by atoms with Gasteiger partial charge in [-0.2, -0.15) is 0 Å². The number of halogens is 2. The molecular weight excluding hydrogens is 307 g/mol. The highest BCUT2D eigenvalue weighted by Crippen LogP contribution is 2.51. The number of rotatable bonds is 3. The van der Waals surface area contributed by atoms with E-state index in [1.165, 1.54) is 0 Å². The Hall–Kier alpha value is -1.64. The van der Waals surface area contributed by atoms with E-state index in [9.17, 15) is 9.59 Å². The van der Waals surface area contributed by atoms with Crippen LogP contribution in [0, 0.1) is 0 Å². The Kier molecular flexibility index (Phi) is 3.60. The predicted octanol–water partition coefficient (Wildman–Crippen LogP) is 3.80. The minimum absolute atomic E-state index is 0.369. The van der Waals surface area contributed by atoms with Crippen LogP contribution >= 0.6 is 23.2 Å². The number of hydrogen-bond acceptors (Lipinski definition) is 2. The Morgan fingerprint density at radius 2 is 1.48 bits per heavy atom. The monoisotopic (exact) mass is 318 g/mol. The van der Waals surface area contributed by atoms with E-state index in [-0.39, 0.29) is 5.92 Å². The van der Waals surface area contributed by atoms with Gasteiger partial charge in [-0.15, -0.1) is 0 Å². The van der Waals surface area contributed by atoms with Crippen LogP contribution in [0.2, 0.25) is 0 Å². The molecule has 0 amide bonds. The van der Waals surface area contributed by atoms with Crippen molar-refractivity contribution in [3.63, 3.8) is 0 Å². The van der Waals surface area contributed by atoms with Gasteiger partial charge in [-0.3, -0.25) is 9.59 Å². The Balaban J connectivity index is 2.27. The number of fused-ring (bicyclic) bond motifs is 1. The maximum atomic E-state index is 12.2. The van der Waals surface area contributed by atoms with Gasteiger partial charge in [-0.1, -0.05) is 54.6 Å². The van der Waals surface area contributed by atoms with Crippen LogP contribution in [0.15, 0.2) is 54.6 Å². The van der Waals surface area contributed by atoms with Crippen LogP contribution in [0.25, 0.3) is 0 Å². The summed E-state index contributed by atoms with van der Waals surface area (Å²) in [5.41, 5.74) is 0.950. The highest BCUT2D eigenvalue weighted by Gasteiger charge is 2.57. The quantitative estimate of drug-likeness (QED) is 0.637. The first-order valence-electron chi connectivity index (χ1n) is 6.61. The molecule has 0 spiro atoms. The van der Waals surface area contributed by atoms with Crippen molar-refractivity contribution in [2.45, 2.75) is 17.8 Å². The van der Waals surface area contributed by atoms with E-state index in [0.29, 0.717) is 12.0 Å². The van der Waals surface area contributed by atoms with Crippen LogP contribution in [-0.2, 0) is 21.4 Å². The average Bonchev–Trinajstić information content (AvgIpc) is 2.84. The Morgan fingerprint density at radius 1 is 0.905 bits per heavy atom. The topological polar surface area (TPSA) is 34.1 Å². The molecule has 0 fully saturated rings. The molecule has 0 heterocycles. The minimum atomic E-state index is -1.50. The summed E-state index contributed by atoms with van der Waals surface area (Å²) >= 11 is 11.7. The molecule has 3 rings (SSSR count). The van der Waals surface area contributed by atoms with Crippen molar-refractivity contribution >= 4 is 33.7 Å². The molecule has 0 radical (unpaired) electrons. The lowest BCUT2D eigenvalue weighted by Crippen LogP contribution is -2.42. The highest BCUT2D eigenvalue weighted by molar-refractivity contribution is 6.76. The second kappa shape index (κ2) is 5.28. The Bertz CT molecular complexity index is 696. The molecule has 1 unspecified atom stereocenters. The van der Waals surface area contributed by atoms with Crippen LogP contribution in [0.1, 0.15) is 22.6 Å². The smallest absolute Gasteiger partial charge is 0.241 e. The van der Waals surface area contributed by atoms with Gasteiger partial charge in [0, 0.05) is 5.92 Å². The molecule has 106 valence electrons. The van der Waals surface area contributed by atoms with Crippen LogP contribution < -0.4 is 0 Å². The van der Waals surface area contributed by atoms with Crippen molar-refractivity contribution in [2.75, 3.05) is 0 Å². The summed E-state index contributed by atoms with van der Waals surface area (Å²) in [6.45, 7) is 0. The second-order valence-electron chi connectivity index (χ2n) is 5.18. The molecule has 0 saturated heterocycles. The zero-order chi connectivity index (χ0) is 15.0. The summed E-state index contributed by atoms with van der Waals surface area (Å²) in [6, 6.07) is 16.8. The molecule has 0 bridgehead atoms. The number of benzene rings is 2. The number of hydrogen-bond donors (Lipinski definition) is 0. The highest BCUT2D eigenvalue weighted by atomic mass is 35.5. The summed E-state index contributed by atoms with van der Waals surface area (Å²) < 4.78 is 0. The van der Waals surface area contributed by atoms with Gasteiger partial charge in [0.05, 0.1) is 0 Å². The Morgan fingerprint density at radius 3 is 2.10 bits per heavy atom. The van der Waals surface area contributed by atoms with Crippen LogP contribution in [0.4, 0.5) is 0 Å². The summed E-state index contributed by atoms with van der Waals surface area (Å²) in [5.74, 6) is -0.369. The van der Waals surface area contributed by atoms with Crippen molar-refractivity contribution in [2.24, 2.45) is 0 Å². The summed E-state index contributed by atoms with van der Waals surface area (Å²) in [4.78, 5) is 24.4. The first kappa shape index (κ1) is 14.3. The van der Waals surface area contributed by atoms with Gasteiger partial charge in [0.15, 0.2) is 5.41 Å². The van der Waals surface area contributed by atoms with Crippen molar-refractivity contribution < 1.29 is 9.59 Å². The average molecular weight is 319 g/mol. The SMILES string of the molecule is O=C(Cl)C1(C(=O)Cl)c2ccccc2CC1c1ccccc1. The number of carbonyl (C=O) groups is 2. The second-order valence-corrected chi connectivity index (χ2v) is 5.87. The van der Waals surface area contributed by atoms with Gasteiger partial charge in [0.1, 0.15) is 0 Å². The third-order valence-electron chi connectivity index (χ3n) is 4.21. The number of carbonyl (C=O) groups excluding carboxylic acids is 2. The van der Waals surface area contributed by atoms with E-state index in [1.807, 2.05) is 42.5 Å². The van der Waals surface area contributed by atoms with Gasteiger partial charge in [-0.05, 0) is 46.3 Å². The predicted molar refractivity (Wildman–Crippen MR) is 82.7 cm³/mol. The molecule has 0 aromatic heterocycles. The molecule has 1 atom stereocenters. The van der Waals surface area contributed by atoms with E-state index in [0.717, 1.165) is 11.1 Å². The maximum Gasteiger partial charge on any atom is 0.241 e. The first-order chi connectivity index (χ1) is 10.1. The summed E-state index contributed by atoms with van der Waals surface area (Å²) in [7, 11) is 0. The lowest BCUT2D eigenvalue weighted by atomic mass is 9.73. The first-order valence-corrected chi connectivity index (χ1v) is 7.37. The Labute approximate surface area is 132 Å². The largest absolute Gasteiger partial charge is 0.280 e. The minimum Gasteiger partial charge on any atom is -0.280 e. The van der Waals surface area contributed by atoms with Crippen LogP contribution in [0.5, 0.6) is 0 Å². The molecule has 1 aliphatic rings. The molecule has 1 aliphatic carbocycles. The van der Waals surface area contributed by atoms with Gasteiger partial charge in [-0.25, -0.2) is 0 Å².